The third kappa shape index (κ3) is 2.91. The molecule has 4 nitrogen and oxygen atoms in total. The van der Waals surface area contributed by atoms with Crippen LogP contribution in [0.5, 0.6) is 0 Å². The molecule has 4 heteroatoms. The molecule has 1 rings (SSSR count). The lowest BCUT2D eigenvalue weighted by molar-refractivity contribution is -0.00461. The van der Waals surface area contributed by atoms with E-state index in [-0.39, 0.29) is 12.2 Å². The number of nitrogens with one attached hydrogen (secondary N) is 1. The van der Waals surface area contributed by atoms with Gasteiger partial charge in [0.05, 0.1) is 12.2 Å². The second-order valence-electron chi connectivity index (χ2n) is 3.41. The van der Waals surface area contributed by atoms with Crippen molar-refractivity contribution in [2.75, 3.05) is 47.4 Å². The van der Waals surface area contributed by atoms with Crippen LogP contribution in [-0.2, 0) is 9.47 Å². The Bertz CT molecular complexity index is 132. The van der Waals surface area contributed by atoms with Crippen molar-refractivity contribution in [2.24, 2.45) is 0 Å². The van der Waals surface area contributed by atoms with Gasteiger partial charge in [0.2, 0.25) is 0 Å². The maximum Gasteiger partial charge on any atom is 0.0971 e. The molecule has 2 unspecified atom stereocenters. The Labute approximate surface area is 80.2 Å². The Kier molecular flexibility index (Phi) is 4.66. The predicted molar refractivity (Wildman–Crippen MR) is 52.0 cm³/mol. The highest BCUT2D eigenvalue weighted by molar-refractivity contribution is 4.85. The van der Waals surface area contributed by atoms with Crippen LogP contribution in [-0.4, -0.2) is 64.6 Å². The fourth-order valence-electron chi connectivity index (χ4n) is 1.72. The maximum atomic E-state index is 5.34. The molecule has 0 amide bonds. The zero-order valence-electron chi connectivity index (χ0n) is 8.75. The number of nitrogens with zero attached hydrogens (tertiary/aromatic N) is 1. The Morgan fingerprint density at radius 2 is 1.77 bits per heavy atom. The SMILES string of the molecule is CNCCN1CC(OC)C(OC)C1. The van der Waals surface area contributed by atoms with Crippen LogP contribution < -0.4 is 5.32 Å². The van der Waals surface area contributed by atoms with Crippen LogP contribution in [0, 0.1) is 0 Å². The lowest BCUT2D eigenvalue weighted by Crippen LogP contribution is -2.30. The summed E-state index contributed by atoms with van der Waals surface area (Å²) >= 11 is 0. The number of rotatable bonds is 5. The van der Waals surface area contributed by atoms with Crippen LogP contribution in [0.15, 0.2) is 0 Å². The minimum absolute atomic E-state index is 0.238. The lowest BCUT2D eigenvalue weighted by atomic mass is 10.3. The summed E-state index contributed by atoms with van der Waals surface area (Å²) in [7, 11) is 5.47. The molecule has 1 aliphatic rings. The van der Waals surface area contributed by atoms with Gasteiger partial charge in [0, 0.05) is 40.4 Å². The fraction of sp³-hybridized carbons (Fsp3) is 1.00. The van der Waals surface area contributed by atoms with Gasteiger partial charge in [0.15, 0.2) is 0 Å². The average Bonchev–Trinajstić information content (AvgIpc) is 2.57. The van der Waals surface area contributed by atoms with Gasteiger partial charge in [-0.1, -0.05) is 0 Å². The highest BCUT2D eigenvalue weighted by Crippen LogP contribution is 2.14. The first-order valence-electron chi connectivity index (χ1n) is 4.74. The normalized spacial score (nSPS) is 29.8. The van der Waals surface area contributed by atoms with E-state index in [4.69, 9.17) is 9.47 Å². The molecule has 0 saturated carbocycles. The van der Waals surface area contributed by atoms with Crippen LogP contribution in [0.2, 0.25) is 0 Å². The van der Waals surface area contributed by atoms with E-state index in [1.54, 1.807) is 14.2 Å². The molecule has 1 aliphatic heterocycles. The summed E-state index contributed by atoms with van der Waals surface area (Å²) in [5.74, 6) is 0. The molecule has 13 heavy (non-hydrogen) atoms. The second kappa shape index (κ2) is 5.54. The zero-order valence-corrected chi connectivity index (χ0v) is 8.75. The molecule has 0 aromatic rings. The van der Waals surface area contributed by atoms with E-state index in [1.165, 1.54) is 0 Å². The summed E-state index contributed by atoms with van der Waals surface area (Å²) in [5, 5.41) is 3.14. The third-order valence-corrected chi connectivity index (χ3v) is 2.57. The van der Waals surface area contributed by atoms with E-state index in [9.17, 15) is 0 Å². The Balaban J connectivity index is 2.30. The monoisotopic (exact) mass is 188 g/mol. The van der Waals surface area contributed by atoms with E-state index in [2.05, 4.69) is 10.2 Å². The minimum atomic E-state index is 0.238. The van der Waals surface area contributed by atoms with Gasteiger partial charge in [-0.25, -0.2) is 0 Å². The van der Waals surface area contributed by atoms with Crippen molar-refractivity contribution in [2.45, 2.75) is 12.2 Å². The van der Waals surface area contributed by atoms with Crippen molar-refractivity contribution in [3.05, 3.63) is 0 Å². The van der Waals surface area contributed by atoms with Gasteiger partial charge in [-0.15, -0.1) is 0 Å². The van der Waals surface area contributed by atoms with Gasteiger partial charge in [-0.05, 0) is 7.05 Å². The van der Waals surface area contributed by atoms with Gasteiger partial charge in [0.1, 0.15) is 0 Å². The Morgan fingerprint density at radius 1 is 1.23 bits per heavy atom. The van der Waals surface area contributed by atoms with Gasteiger partial charge in [-0.2, -0.15) is 0 Å². The minimum Gasteiger partial charge on any atom is -0.377 e. The largest absolute Gasteiger partial charge is 0.377 e. The summed E-state index contributed by atoms with van der Waals surface area (Å²) < 4.78 is 10.7. The van der Waals surface area contributed by atoms with Crippen LogP contribution in [0.4, 0.5) is 0 Å². The first-order valence-corrected chi connectivity index (χ1v) is 4.74. The lowest BCUT2D eigenvalue weighted by Gasteiger charge is -2.13. The van der Waals surface area contributed by atoms with Gasteiger partial charge in [-0.3, -0.25) is 4.90 Å². The predicted octanol–water partition coefficient (Wildman–Crippen LogP) is -0.449. The summed E-state index contributed by atoms with van der Waals surface area (Å²) in [6.07, 6.45) is 0.476. The van der Waals surface area contributed by atoms with Crippen molar-refractivity contribution in [3.8, 4) is 0 Å². The average molecular weight is 188 g/mol. The van der Waals surface area contributed by atoms with E-state index >= 15 is 0 Å². The van der Waals surface area contributed by atoms with Crippen molar-refractivity contribution >= 4 is 0 Å². The van der Waals surface area contributed by atoms with Crippen LogP contribution in [0.1, 0.15) is 0 Å². The van der Waals surface area contributed by atoms with Crippen molar-refractivity contribution < 1.29 is 9.47 Å². The topological polar surface area (TPSA) is 33.7 Å². The third-order valence-electron chi connectivity index (χ3n) is 2.57. The highest BCUT2D eigenvalue weighted by Gasteiger charge is 2.32. The molecule has 0 radical (unpaired) electrons. The maximum absolute atomic E-state index is 5.34. The molecule has 0 spiro atoms. The molecule has 0 aromatic heterocycles. The fourth-order valence-corrected chi connectivity index (χ4v) is 1.72. The first-order chi connectivity index (χ1) is 6.31. The molecular weight excluding hydrogens is 168 g/mol. The van der Waals surface area contributed by atoms with Gasteiger partial charge in [0.25, 0.3) is 0 Å². The number of likely N-dealkylation sites (tertiary alicyclic amines) is 1. The van der Waals surface area contributed by atoms with Crippen LogP contribution in [0.25, 0.3) is 0 Å². The van der Waals surface area contributed by atoms with Gasteiger partial charge < -0.3 is 14.8 Å². The molecule has 0 aliphatic carbocycles. The number of hydrogen-bond acceptors (Lipinski definition) is 4. The number of hydrogen-bond donors (Lipinski definition) is 1. The Morgan fingerprint density at radius 3 is 2.15 bits per heavy atom. The van der Waals surface area contributed by atoms with Crippen LogP contribution >= 0.6 is 0 Å². The van der Waals surface area contributed by atoms with Crippen molar-refractivity contribution in [3.63, 3.8) is 0 Å². The van der Waals surface area contributed by atoms with Crippen LogP contribution in [0.3, 0.4) is 0 Å². The zero-order chi connectivity index (χ0) is 9.68. The molecule has 78 valence electrons. The molecular formula is C9H20N2O2. The van der Waals surface area contributed by atoms with E-state index in [1.807, 2.05) is 7.05 Å². The van der Waals surface area contributed by atoms with E-state index < -0.39 is 0 Å². The summed E-state index contributed by atoms with van der Waals surface area (Å²) in [6, 6.07) is 0. The van der Waals surface area contributed by atoms with E-state index in [0.717, 1.165) is 26.2 Å². The highest BCUT2D eigenvalue weighted by atomic mass is 16.5. The smallest absolute Gasteiger partial charge is 0.0971 e. The summed E-state index contributed by atoms with van der Waals surface area (Å²) in [4.78, 5) is 2.36. The van der Waals surface area contributed by atoms with E-state index in [0.29, 0.717) is 0 Å². The summed E-state index contributed by atoms with van der Waals surface area (Å²) in [5.41, 5.74) is 0. The molecule has 1 heterocycles. The molecule has 1 N–H and O–H groups in total. The number of ether oxygens (including phenoxy) is 2. The number of likely N-dealkylation sites (N-methyl/N-ethyl adjacent to an activating group) is 1. The molecule has 2 atom stereocenters. The second-order valence-corrected chi connectivity index (χ2v) is 3.41. The molecule has 1 saturated heterocycles. The first kappa shape index (κ1) is 10.9. The molecule has 0 aromatic carbocycles. The van der Waals surface area contributed by atoms with Gasteiger partial charge >= 0.3 is 0 Å². The van der Waals surface area contributed by atoms with Crippen molar-refractivity contribution in [1.29, 1.82) is 0 Å². The summed E-state index contributed by atoms with van der Waals surface area (Å²) in [6.45, 7) is 4.05. The standard InChI is InChI=1S/C9H20N2O2/c1-10-4-5-11-6-8(12-2)9(7-11)13-3/h8-10H,4-7H2,1-3H3. The quantitative estimate of drug-likeness (QED) is 0.634. The van der Waals surface area contributed by atoms with Crippen molar-refractivity contribution in [1.82, 2.24) is 10.2 Å². The molecule has 0 bridgehead atoms. The number of methoxy groups -OCH3 is 2. The Hall–Kier alpha value is -0.160. The molecule has 1 fully saturated rings.